The van der Waals surface area contributed by atoms with Gasteiger partial charge in [-0.3, -0.25) is 9.59 Å². The van der Waals surface area contributed by atoms with Gasteiger partial charge in [0.15, 0.2) is 0 Å². The first-order valence-electron chi connectivity index (χ1n) is 27.8. The van der Waals surface area contributed by atoms with Gasteiger partial charge >= 0.3 is 11.9 Å². The first kappa shape index (κ1) is 63.3. The minimum Gasteiger partial charge on any atom is -0.462 e. The summed E-state index contributed by atoms with van der Waals surface area (Å²) < 4.78 is 42.7. The molecule has 14 nitrogen and oxygen atoms in total. The van der Waals surface area contributed by atoms with E-state index in [0.717, 1.165) is 83.4 Å². The van der Waals surface area contributed by atoms with E-state index in [9.17, 15) is 9.59 Å². The molecule has 0 aliphatic heterocycles. The average Bonchev–Trinajstić information content (AvgIpc) is 3.34. The molecule has 0 aliphatic carbocycles. The van der Waals surface area contributed by atoms with E-state index in [1.807, 2.05) is 0 Å². The molecule has 0 spiro atoms. The van der Waals surface area contributed by atoms with E-state index in [0.29, 0.717) is 38.9 Å². The van der Waals surface area contributed by atoms with Crippen LogP contribution in [0.1, 0.15) is 246 Å². The van der Waals surface area contributed by atoms with Crippen LogP contribution in [0.15, 0.2) is 10.2 Å². The van der Waals surface area contributed by atoms with Crippen LogP contribution in [0.5, 0.6) is 0 Å². The Kier molecular flexibility index (Phi) is 53.7. The lowest BCUT2D eigenvalue weighted by molar-refractivity contribution is -0.151. The van der Waals surface area contributed by atoms with Gasteiger partial charge in [0.2, 0.25) is 0 Å². The van der Waals surface area contributed by atoms with Crippen LogP contribution < -0.4 is 0 Å². The maximum absolute atomic E-state index is 12.5. The van der Waals surface area contributed by atoms with Gasteiger partial charge in [-0.25, -0.2) is 0 Å². The van der Waals surface area contributed by atoms with Crippen LogP contribution >= 0.6 is 19.3 Å². The molecule has 0 aromatic heterocycles. The third-order valence-electron chi connectivity index (χ3n) is 11.6. The zero-order valence-electron chi connectivity index (χ0n) is 45.0. The summed E-state index contributed by atoms with van der Waals surface area (Å²) in [5, 5.41) is 16.3. The fourth-order valence-corrected chi connectivity index (χ4v) is 8.16. The second-order valence-electron chi connectivity index (χ2n) is 17.9. The standard InChI is InChI=1S/C25H50BN3O4PS.C25H49N3O4/c1-3-5-7-9-10-11-12-14-16-18-25(30)33-24(17-15-13-8-6-4-2)19-20-31-21-23(28-29-27)22-32-35-34-26;1-3-5-7-9-10-11-12-14-16-18-25(30)32-24(17-15-13-8-6-4-2)19-20-31-22-23(21-29)27-28-26/h23-24,26,34H,3-22H2,1-2H3;23-24,29H,3-22H2,1-2H3/t23-,24-,34?;23-,24+/m10/s1/i26T,34D;. The van der Waals surface area contributed by atoms with Gasteiger partial charge in [0, 0.05) is 47.2 Å². The Morgan fingerprint density at radius 3 is 1.31 bits per heavy atom. The summed E-state index contributed by atoms with van der Waals surface area (Å²) in [6.07, 6.45) is 37.4. The van der Waals surface area contributed by atoms with Gasteiger partial charge in [0.05, 0.1) is 53.0 Å². The fraction of sp³-hybridized carbons (Fsp3) is 0.960. The molecule has 1 unspecified atom stereocenters. The van der Waals surface area contributed by atoms with Crippen molar-refractivity contribution in [2.75, 3.05) is 39.6 Å². The Morgan fingerprint density at radius 1 is 0.582 bits per heavy atom. The summed E-state index contributed by atoms with van der Waals surface area (Å²) in [4.78, 5) is 30.3. The highest BCUT2D eigenvalue weighted by Gasteiger charge is 2.17. The van der Waals surface area contributed by atoms with Crippen molar-refractivity contribution in [3.8, 4) is 0 Å². The molecule has 1 N–H and O–H groups in total. The lowest BCUT2D eigenvalue weighted by atomic mass is 10.1. The minimum absolute atomic E-state index is 0.103. The SMILES string of the molecule is CCCCCCCCCCCC(=O)O[C@H](CCCCCCC)CCOC[C@H](CO)N=[N+]=[N-].[2H]P([B][3H])SOC[C@@H](COCC[C@@H](CCCCCCC)OC(=O)CCCCCCCCCCC)N=[N+]=[N-]. The Morgan fingerprint density at radius 2 is 0.940 bits per heavy atom. The number of unbranched alkanes of at least 4 members (excludes halogenated alkanes) is 24. The maximum Gasteiger partial charge on any atom is 0.306 e. The number of carbonyl (C=O) groups excluding carboxylic acids is 2. The number of ether oxygens (including phenoxy) is 4. The van der Waals surface area contributed by atoms with E-state index < -0.39 is 19.7 Å². The maximum atomic E-state index is 12.5. The van der Waals surface area contributed by atoms with Crippen LogP contribution in [0.3, 0.4) is 0 Å². The van der Waals surface area contributed by atoms with Gasteiger partial charge in [-0.05, 0) is 50.9 Å². The van der Waals surface area contributed by atoms with Crippen molar-refractivity contribution in [1.29, 1.82) is 2.61 Å². The number of rotatable bonds is 52. The monoisotopic (exact) mass is 989 g/mol. The molecule has 0 fully saturated rings. The molecular weight excluding hydrogens is 886 g/mol. The molecule has 1 radical (unpaired) electrons. The van der Waals surface area contributed by atoms with Crippen molar-refractivity contribution in [3.63, 3.8) is 0 Å². The van der Waals surface area contributed by atoms with Crippen LogP contribution in [0.4, 0.5) is 0 Å². The molecular formula is C50H99BN6O8PS. The van der Waals surface area contributed by atoms with Crippen molar-refractivity contribution in [2.45, 2.75) is 270 Å². The minimum atomic E-state index is -1.41. The summed E-state index contributed by atoms with van der Waals surface area (Å²) in [6.45, 7) is 9.95. The van der Waals surface area contributed by atoms with Crippen LogP contribution in [-0.2, 0) is 32.7 Å². The molecule has 0 bridgehead atoms. The van der Waals surface area contributed by atoms with Crippen molar-refractivity contribution < 1.29 is 37.8 Å². The van der Waals surface area contributed by atoms with Crippen molar-refractivity contribution in [2.24, 2.45) is 10.2 Å². The van der Waals surface area contributed by atoms with Gasteiger partial charge in [-0.1, -0.05) is 200 Å². The molecule has 5 atom stereocenters. The molecule has 0 rings (SSSR count). The average molecular weight is 989 g/mol. The third kappa shape index (κ3) is 51.9. The quantitative estimate of drug-likeness (QED) is 0.00900. The Hall–Kier alpha value is -1.76. The summed E-state index contributed by atoms with van der Waals surface area (Å²) in [5.74, 6) is -0.217. The lowest BCUT2D eigenvalue weighted by Gasteiger charge is -2.19. The highest BCUT2D eigenvalue weighted by molar-refractivity contribution is 8.53. The zero-order valence-corrected chi connectivity index (χ0v) is 44.7. The smallest absolute Gasteiger partial charge is 0.306 e. The normalized spacial score (nSPS) is 13.6. The molecule has 0 aromatic rings. The van der Waals surface area contributed by atoms with Gasteiger partial charge in [0.1, 0.15) is 19.7 Å². The Balaban J connectivity index is 0. The van der Waals surface area contributed by atoms with E-state index in [-0.39, 0.29) is 50.6 Å². The molecule has 0 saturated carbocycles. The van der Waals surface area contributed by atoms with Gasteiger partial charge in [0.25, 0.3) is 0 Å². The predicted octanol–water partition coefficient (Wildman–Crippen LogP) is 15.6. The number of hydrogen-bond donors (Lipinski definition) is 1. The topological polar surface area (TPSA) is 198 Å². The van der Waals surface area contributed by atoms with Crippen LogP contribution in [0.25, 0.3) is 20.9 Å². The second kappa shape index (κ2) is 56.8. The molecule has 0 heterocycles. The van der Waals surface area contributed by atoms with Gasteiger partial charge in [-0.15, -0.1) is 0 Å². The Bertz CT molecular complexity index is 1240. The summed E-state index contributed by atoms with van der Waals surface area (Å²) in [5.41, 5.74) is 17.2. The molecule has 0 amide bonds. The molecule has 391 valence electrons. The number of esters is 2. The van der Waals surface area contributed by atoms with E-state index in [4.69, 9.17) is 41.9 Å². The summed E-state index contributed by atoms with van der Waals surface area (Å²) >= 11 is 0.902. The van der Waals surface area contributed by atoms with Gasteiger partial charge in [-0.2, -0.15) is 0 Å². The second-order valence-corrected chi connectivity index (χ2v) is 19.6. The van der Waals surface area contributed by atoms with Gasteiger partial charge < -0.3 is 28.2 Å². The first-order valence-corrected chi connectivity index (χ1v) is 29.1. The van der Waals surface area contributed by atoms with E-state index >= 15 is 0 Å². The highest BCUT2D eigenvalue weighted by Crippen LogP contribution is 2.25. The highest BCUT2D eigenvalue weighted by atomic mass is 32.7. The number of carbonyl (C=O) groups is 2. The Labute approximate surface area is 418 Å². The third-order valence-corrected chi connectivity index (χ3v) is 12.5. The molecule has 0 aliphatic rings. The fourth-order valence-electron chi connectivity index (χ4n) is 7.52. The molecule has 67 heavy (non-hydrogen) atoms. The van der Waals surface area contributed by atoms with E-state index in [2.05, 4.69) is 47.7 Å². The zero-order chi connectivity index (χ0) is 51.1. The number of aliphatic hydroxyl groups excluding tert-OH is 1. The van der Waals surface area contributed by atoms with E-state index in [1.165, 1.54) is 128 Å². The lowest BCUT2D eigenvalue weighted by Crippen LogP contribution is -2.23. The predicted molar refractivity (Wildman–Crippen MR) is 283 cm³/mol. The molecule has 17 heteroatoms. The number of azide groups is 2. The number of nitrogens with zero attached hydrogens (tertiary/aromatic N) is 6. The summed E-state index contributed by atoms with van der Waals surface area (Å²) in [7, 11) is -0.385. The van der Waals surface area contributed by atoms with Crippen LogP contribution in [0.2, 0.25) is 0 Å². The molecule has 0 saturated heterocycles. The van der Waals surface area contributed by atoms with Crippen molar-refractivity contribution in [3.05, 3.63) is 20.9 Å². The molecule has 0 aromatic carbocycles. The van der Waals surface area contributed by atoms with Crippen LogP contribution in [-0.4, -0.2) is 91.1 Å². The van der Waals surface area contributed by atoms with E-state index in [1.54, 1.807) is 0 Å². The summed E-state index contributed by atoms with van der Waals surface area (Å²) in [6, 6.07) is -1.07. The largest absolute Gasteiger partial charge is 0.462 e. The van der Waals surface area contributed by atoms with Crippen molar-refractivity contribution >= 4 is 38.7 Å². The first-order chi connectivity index (χ1) is 33.7. The van der Waals surface area contributed by atoms with Crippen LogP contribution in [0, 0.1) is 0 Å². The number of hydrogen-bond acceptors (Lipinski definition) is 11. The number of aliphatic hydroxyl groups is 1. The van der Waals surface area contributed by atoms with Crippen molar-refractivity contribution in [1.82, 2.24) is 0 Å².